The first-order valence-corrected chi connectivity index (χ1v) is 7.37. The lowest BCUT2D eigenvalue weighted by atomic mass is 10.2. The van der Waals surface area contributed by atoms with Crippen molar-refractivity contribution in [2.45, 2.75) is 0 Å². The summed E-state index contributed by atoms with van der Waals surface area (Å²) >= 11 is 1.22. The number of para-hydroxylation sites is 2. The van der Waals surface area contributed by atoms with Crippen LogP contribution in [0.25, 0.3) is 21.2 Å². The highest BCUT2D eigenvalue weighted by molar-refractivity contribution is 7.22. The number of amides is 1. The number of furan rings is 1. The lowest BCUT2D eigenvalue weighted by Gasteiger charge is -1.96. The molecule has 0 aliphatic carbocycles. The fourth-order valence-electron chi connectivity index (χ4n) is 2.22. The largest absolute Gasteiger partial charge is 0.451 e. The van der Waals surface area contributed by atoms with E-state index in [4.69, 9.17) is 4.42 Å². The Balaban J connectivity index is 1.66. The maximum atomic E-state index is 13.6. The number of fused-ring (bicyclic) bond motifs is 2. The third kappa shape index (κ3) is 2.14. The summed E-state index contributed by atoms with van der Waals surface area (Å²) in [7, 11) is 0. The second-order valence-electron chi connectivity index (χ2n) is 4.71. The molecule has 4 aromatic rings. The normalized spacial score (nSPS) is 11.1. The summed E-state index contributed by atoms with van der Waals surface area (Å²) < 4.78 is 19.8. The van der Waals surface area contributed by atoms with Crippen LogP contribution in [0.2, 0.25) is 0 Å². The van der Waals surface area contributed by atoms with Crippen LogP contribution >= 0.6 is 11.3 Å². The van der Waals surface area contributed by atoms with E-state index in [-0.39, 0.29) is 11.3 Å². The number of rotatable bonds is 2. The van der Waals surface area contributed by atoms with E-state index in [1.165, 1.54) is 17.4 Å². The number of nitrogens with zero attached hydrogens (tertiary/aromatic N) is 1. The van der Waals surface area contributed by atoms with Crippen molar-refractivity contribution in [3.8, 4) is 0 Å². The molecule has 108 valence electrons. The molecule has 0 bridgehead atoms. The van der Waals surface area contributed by atoms with Crippen LogP contribution in [-0.2, 0) is 0 Å². The van der Waals surface area contributed by atoms with Crippen molar-refractivity contribution in [1.29, 1.82) is 0 Å². The number of hydrogen-bond acceptors (Lipinski definition) is 4. The summed E-state index contributed by atoms with van der Waals surface area (Å²) in [6.07, 6.45) is 0. The van der Waals surface area contributed by atoms with Crippen molar-refractivity contribution in [1.82, 2.24) is 4.98 Å². The van der Waals surface area contributed by atoms with Crippen molar-refractivity contribution >= 4 is 43.6 Å². The lowest BCUT2D eigenvalue weighted by molar-refractivity contribution is 0.0998. The smallest absolute Gasteiger partial charge is 0.293 e. The van der Waals surface area contributed by atoms with Crippen LogP contribution in [0.5, 0.6) is 0 Å². The topological polar surface area (TPSA) is 55.1 Å². The molecule has 0 radical (unpaired) electrons. The Kier molecular flexibility index (Phi) is 2.90. The van der Waals surface area contributed by atoms with E-state index < -0.39 is 11.7 Å². The van der Waals surface area contributed by atoms with Gasteiger partial charge in [0.25, 0.3) is 5.91 Å². The van der Waals surface area contributed by atoms with Gasteiger partial charge in [0.1, 0.15) is 16.9 Å². The number of thiazole rings is 1. The predicted molar refractivity (Wildman–Crippen MR) is 83.7 cm³/mol. The first-order valence-electron chi connectivity index (χ1n) is 6.56. The van der Waals surface area contributed by atoms with Gasteiger partial charge in [0, 0.05) is 5.39 Å². The molecule has 0 unspecified atom stereocenters. The Morgan fingerprint density at radius 1 is 1.18 bits per heavy atom. The number of halogens is 1. The van der Waals surface area contributed by atoms with Gasteiger partial charge in [-0.2, -0.15) is 0 Å². The molecule has 0 fully saturated rings. The minimum Gasteiger partial charge on any atom is -0.451 e. The quantitative estimate of drug-likeness (QED) is 0.595. The molecule has 0 atom stereocenters. The minimum absolute atomic E-state index is 0.195. The van der Waals surface area contributed by atoms with Gasteiger partial charge >= 0.3 is 0 Å². The van der Waals surface area contributed by atoms with E-state index in [2.05, 4.69) is 10.3 Å². The van der Waals surface area contributed by atoms with Gasteiger partial charge in [-0.15, -0.1) is 0 Å². The van der Waals surface area contributed by atoms with E-state index in [0.717, 1.165) is 5.39 Å². The fourth-order valence-corrected chi connectivity index (χ4v) is 3.10. The first kappa shape index (κ1) is 13.0. The fraction of sp³-hybridized carbons (Fsp3) is 0. The van der Waals surface area contributed by atoms with Crippen molar-refractivity contribution in [3.63, 3.8) is 0 Å². The summed E-state index contributed by atoms with van der Waals surface area (Å²) in [5, 5.41) is 3.83. The Labute approximate surface area is 128 Å². The molecule has 0 aliphatic rings. The van der Waals surface area contributed by atoms with Crippen LogP contribution in [0, 0.1) is 5.82 Å². The average Bonchev–Trinajstić information content (AvgIpc) is 3.11. The number of carbonyl (C=O) groups excluding carboxylic acids is 1. The maximum absolute atomic E-state index is 13.6. The molecular weight excluding hydrogens is 303 g/mol. The van der Waals surface area contributed by atoms with Crippen molar-refractivity contribution in [3.05, 3.63) is 60.1 Å². The van der Waals surface area contributed by atoms with Gasteiger partial charge in [-0.3, -0.25) is 10.1 Å². The summed E-state index contributed by atoms with van der Waals surface area (Å²) in [5.74, 6) is -0.616. The van der Waals surface area contributed by atoms with Gasteiger partial charge in [0.05, 0.1) is 4.70 Å². The highest BCUT2D eigenvalue weighted by Gasteiger charge is 2.15. The standard InChI is InChI=1S/C16H9FN2O2S/c17-10-5-3-7-13-14(10)18-16(22-13)19-15(20)12-8-9-4-1-2-6-11(9)21-12/h1-8H,(H,18,19,20). The summed E-state index contributed by atoms with van der Waals surface area (Å²) in [6.45, 7) is 0. The zero-order valence-electron chi connectivity index (χ0n) is 11.2. The number of nitrogens with one attached hydrogen (secondary N) is 1. The second-order valence-corrected chi connectivity index (χ2v) is 5.74. The zero-order chi connectivity index (χ0) is 15.1. The Morgan fingerprint density at radius 3 is 2.86 bits per heavy atom. The number of anilines is 1. The monoisotopic (exact) mass is 312 g/mol. The van der Waals surface area contributed by atoms with Crippen LogP contribution in [0.4, 0.5) is 9.52 Å². The molecule has 22 heavy (non-hydrogen) atoms. The molecule has 2 aromatic heterocycles. The van der Waals surface area contributed by atoms with Crippen LogP contribution in [0.1, 0.15) is 10.6 Å². The molecule has 0 saturated heterocycles. The van der Waals surface area contributed by atoms with E-state index in [9.17, 15) is 9.18 Å². The molecule has 1 amide bonds. The molecule has 4 rings (SSSR count). The average molecular weight is 312 g/mol. The molecule has 0 aliphatic heterocycles. The third-order valence-electron chi connectivity index (χ3n) is 3.24. The Hall–Kier alpha value is -2.73. The molecule has 2 heterocycles. The van der Waals surface area contributed by atoms with Gasteiger partial charge in [-0.1, -0.05) is 35.6 Å². The SMILES string of the molecule is O=C(Nc1nc2c(F)cccc2s1)c1cc2ccccc2o1. The van der Waals surface area contributed by atoms with Gasteiger partial charge in [0.2, 0.25) is 0 Å². The van der Waals surface area contributed by atoms with E-state index >= 15 is 0 Å². The number of hydrogen-bond donors (Lipinski definition) is 1. The summed E-state index contributed by atoms with van der Waals surface area (Å²) in [5.41, 5.74) is 0.899. The Bertz CT molecular complexity index is 973. The van der Waals surface area contributed by atoms with Crippen molar-refractivity contribution < 1.29 is 13.6 Å². The number of carbonyl (C=O) groups is 1. The van der Waals surface area contributed by atoms with Crippen LogP contribution < -0.4 is 5.32 Å². The second kappa shape index (κ2) is 4.92. The molecule has 2 aromatic carbocycles. The van der Waals surface area contributed by atoms with Gasteiger partial charge in [-0.25, -0.2) is 9.37 Å². The van der Waals surface area contributed by atoms with Gasteiger partial charge < -0.3 is 4.42 Å². The minimum atomic E-state index is -0.407. The molecule has 0 spiro atoms. The molecule has 6 heteroatoms. The van der Waals surface area contributed by atoms with E-state index in [1.54, 1.807) is 24.3 Å². The highest BCUT2D eigenvalue weighted by Crippen LogP contribution is 2.28. The highest BCUT2D eigenvalue weighted by atomic mass is 32.1. The van der Waals surface area contributed by atoms with Gasteiger partial charge in [0.15, 0.2) is 10.9 Å². The van der Waals surface area contributed by atoms with Crippen LogP contribution in [0.3, 0.4) is 0 Å². The van der Waals surface area contributed by atoms with Gasteiger partial charge in [-0.05, 0) is 24.3 Å². The van der Waals surface area contributed by atoms with Crippen molar-refractivity contribution in [2.24, 2.45) is 0 Å². The van der Waals surface area contributed by atoms with Crippen LogP contribution in [-0.4, -0.2) is 10.9 Å². The summed E-state index contributed by atoms with van der Waals surface area (Å²) in [6, 6.07) is 13.7. The number of benzene rings is 2. The van der Waals surface area contributed by atoms with E-state index in [1.807, 2.05) is 18.2 Å². The molecule has 0 saturated carbocycles. The Morgan fingerprint density at radius 2 is 2.05 bits per heavy atom. The zero-order valence-corrected chi connectivity index (χ0v) is 12.0. The number of aromatic nitrogens is 1. The lowest BCUT2D eigenvalue weighted by Crippen LogP contribution is -2.10. The van der Waals surface area contributed by atoms with Crippen molar-refractivity contribution in [2.75, 3.05) is 5.32 Å². The molecular formula is C16H9FN2O2S. The third-order valence-corrected chi connectivity index (χ3v) is 4.18. The first-order chi connectivity index (χ1) is 10.7. The molecule has 4 nitrogen and oxygen atoms in total. The predicted octanol–water partition coefficient (Wildman–Crippen LogP) is 4.43. The van der Waals surface area contributed by atoms with E-state index in [0.29, 0.717) is 15.4 Å². The van der Waals surface area contributed by atoms with Crippen LogP contribution in [0.15, 0.2) is 52.9 Å². The summed E-state index contributed by atoms with van der Waals surface area (Å²) in [4.78, 5) is 16.3. The maximum Gasteiger partial charge on any atom is 0.293 e. The molecule has 1 N–H and O–H groups in total.